The number of hydrogen-bond donors (Lipinski definition) is 0. The molecular weight excluding hydrogens is 493 g/mol. The van der Waals surface area contributed by atoms with Crippen LogP contribution >= 0.6 is 7.92 Å². The molecule has 0 saturated heterocycles. The molecule has 0 radical (unpaired) electrons. The van der Waals surface area contributed by atoms with Gasteiger partial charge in [-0.2, -0.15) is 0 Å². The summed E-state index contributed by atoms with van der Waals surface area (Å²) in [7, 11) is 0.0565. The first-order valence-corrected chi connectivity index (χ1v) is 15.3. The SMILES string of the molecule is CCCC(C)C1=[C]([Zr+2][CH]2C(P(CCC)CCC)=Cc3ccccc32)CC=C1.[Cl-].[Cl-]. The maximum Gasteiger partial charge on any atom is -1.00 e. The van der Waals surface area contributed by atoms with E-state index in [2.05, 4.69) is 70.2 Å². The molecule has 2 unspecified atom stereocenters. The number of benzene rings is 1. The van der Waals surface area contributed by atoms with Gasteiger partial charge in [-0.05, 0) is 0 Å². The van der Waals surface area contributed by atoms with E-state index in [1.807, 2.05) is 8.60 Å². The smallest absolute Gasteiger partial charge is 1.00 e. The molecule has 29 heavy (non-hydrogen) atoms. The summed E-state index contributed by atoms with van der Waals surface area (Å²) >= 11 is -0.659. The molecule has 0 N–H and O–H groups in total. The van der Waals surface area contributed by atoms with Gasteiger partial charge >= 0.3 is 181 Å². The van der Waals surface area contributed by atoms with Crippen LogP contribution in [-0.2, 0) is 23.2 Å². The molecule has 2 aliphatic carbocycles. The standard InChI is InChI=1S/C15H20P.C10H15.2ClH.Zr/c1-3-9-16(10-4-2)15-11-13-7-5-6-8-14(13)12-15;1-3-6-9(2)10-7-4-5-8-10;;;/h5-8,11-12H,3-4,9-10H2,1-2H3;4,7,9H,3,5-6H2,1-2H3;2*1H;/q;;;;+2/p-2. The summed E-state index contributed by atoms with van der Waals surface area (Å²) in [4.78, 5) is 0. The van der Waals surface area contributed by atoms with Crippen molar-refractivity contribution in [1.29, 1.82) is 0 Å². The third-order valence-corrected chi connectivity index (χ3v) is 13.8. The van der Waals surface area contributed by atoms with Crippen LogP contribution in [-0.4, -0.2) is 12.3 Å². The monoisotopic (exact) mass is 526 g/mol. The molecule has 4 heteroatoms. The molecule has 0 spiro atoms. The van der Waals surface area contributed by atoms with Gasteiger partial charge < -0.3 is 24.8 Å². The predicted octanol–water partition coefficient (Wildman–Crippen LogP) is 2.12. The minimum absolute atomic E-state index is 0. The number of hydrogen-bond acceptors (Lipinski definition) is 0. The molecule has 0 aromatic heterocycles. The second kappa shape index (κ2) is 13.7. The molecule has 0 fully saturated rings. The van der Waals surface area contributed by atoms with Crippen molar-refractivity contribution in [2.75, 3.05) is 12.3 Å². The van der Waals surface area contributed by atoms with Gasteiger partial charge in [0.15, 0.2) is 0 Å². The topological polar surface area (TPSA) is 0 Å². The fourth-order valence-corrected chi connectivity index (χ4v) is 13.2. The molecule has 0 bridgehead atoms. The molecule has 0 saturated carbocycles. The molecule has 1 aromatic rings. The first-order chi connectivity index (χ1) is 13.2. The zero-order valence-electron chi connectivity index (χ0n) is 18.3. The van der Waals surface area contributed by atoms with E-state index in [9.17, 15) is 0 Å². The van der Waals surface area contributed by atoms with Crippen LogP contribution < -0.4 is 24.8 Å². The van der Waals surface area contributed by atoms with E-state index in [1.54, 1.807) is 11.1 Å². The quantitative estimate of drug-likeness (QED) is 0.409. The van der Waals surface area contributed by atoms with Crippen molar-refractivity contribution in [1.82, 2.24) is 0 Å². The first-order valence-electron chi connectivity index (χ1n) is 10.9. The molecule has 0 aliphatic heterocycles. The average Bonchev–Trinajstić information content (AvgIpc) is 3.27. The summed E-state index contributed by atoms with van der Waals surface area (Å²) in [5, 5.41) is 1.86. The van der Waals surface area contributed by atoms with Crippen LogP contribution in [0.5, 0.6) is 0 Å². The maximum absolute atomic E-state index is 2.62. The number of halogens is 2. The fraction of sp³-hybridized carbons (Fsp3) is 0.520. The van der Waals surface area contributed by atoms with E-state index in [0.717, 1.165) is 9.54 Å². The van der Waals surface area contributed by atoms with Crippen molar-refractivity contribution in [3.05, 3.63) is 61.7 Å². The van der Waals surface area contributed by atoms with E-state index in [4.69, 9.17) is 0 Å². The second-order valence-corrected chi connectivity index (χ2v) is 14.1. The molecule has 158 valence electrons. The largest absolute Gasteiger partial charge is 1.00 e. The molecule has 0 heterocycles. The minimum Gasteiger partial charge on any atom is -1.00 e. The van der Waals surface area contributed by atoms with Crippen molar-refractivity contribution in [2.24, 2.45) is 5.92 Å². The summed E-state index contributed by atoms with van der Waals surface area (Å²) < 4.78 is 2.68. The zero-order chi connectivity index (χ0) is 19.2. The van der Waals surface area contributed by atoms with Gasteiger partial charge in [0.2, 0.25) is 0 Å². The zero-order valence-corrected chi connectivity index (χ0v) is 23.2. The van der Waals surface area contributed by atoms with Crippen molar-refractivity contribution >= 4 is 14.0 Å². The Morgan fingerprint density at radius 2 is 1.72 bits per heavy atom. The van der Waals surface area contributed by atoms with Crippen molar-refractivity contribution in [3.63, 3.8) is 0 Å². The van der Waals surface area contributed by atoms with E-state index < -0.39 is 23.2 Å². The fourth-order valence-electron chi connectivity index (χ4n) is 4.53. The van der Waals surface area contributed by atoms with Crippen molar-refractivity contribution < 1.29 is 48.0 Å². The number of fused-ring (bicyclic) bond motifs is 1. The van der Waals surface area contributed by atoms with Gasteiger partial charge in [-0.1, -0.05) is 0 Å². The third kappa shape index (κ3) is 6.66. The summed E-state index contributed by atoms with van der Waals surface area (Å²) in [6, 6.07) is 9.30. The first kappa shape index (κ1) is 27.4. The summed E-state index contributed by atoms with van der Waals surface area (Å²) in [6.45, 7) is 9.52. The normalized spacial score (nSPS) is 18.1. The Hall–Kier alpha value is 0.333. The molecule has 3 rings (SSSR count). The Morgan fingerprint density at radius 1 is 1.03 bits per heavy atom. The van der Waals surface area contributed by atoms with Crippen LogP contribution in [0.15, 0.2) is 50.6 Å². The Bertz CT molecular complexity index is 732. The van der Waals surface area contributed by atoms with Gasteiger partial charge in [0.1, 0.15) is 0 Å². The Morgan fingerprint density at radius 3 is 2.38 bits per heavy atom. The summed E-state index contributed by atoms with van der Waals surface area (Å²) in [5.41, 5.74) is 4.93. The van der Waals surface area contributed by atoms with Crippen LogP contribution in [0.1, 0.15) is 74.6 Å². The predicted molar refractivity (Wildman–Crippen MR) is 119 cm³/mol. The van der Waals surface area contributed by atoms with Gasteiger partial charge in [-0.15, -0.1) is 0 Å². The van der Waals surface area contributed by atoms with Gasteiger partial charge in [0.25, 0.3) is 0 Å². The van der Waals surface area contributed by atoms with Gasteiger partial charge in [0.05, 0.1) is 0 Å². The Labute approximate surface area is 204 Å². The van der Waals surface area contributed by atoms with Gasteiger partial charge in [-0.25, -0.2) is 0 Å². The summed E-state index contributed by atoms with van der Waals surface area (Å²) in [6.07, 6.45) is 16.9. The Balaban J connectivity index is 0.00000210. The van der Waals surface area contributed by atoms with E-state index in [-0.39, 0.29) is 32.7 Å². The minimum atomic E-state index is -0.659. The molecule has 1 aromatic carbocycles. The van der Waals surface area contributed by atoms with Crippen molar-refractivity contribution in [2.45, 2.75) is 63.4 Å². The molecular formula is C25H35Cl2PZr. The Kier molecular flexibility index (Phi) is 12.9. The maximum atomic E-state index is 2.62. The van der Waals surface area contributed by atoms with Crippen LogP contribution in [0.3, 0.4) is 0 Å². The van der Waals surface area contributed by atoms with E-state index >= 15 is 0 Å². The molecule has 0 nitrogen and oxygen atoms in total. The summed E-state index contributed by atoms with van der Waals surface area (Å²) in [5.74, 6) is 0.751. The molecule has 2 atom stereocenters. The van der Waals surface area contributed by atoms with E-state index in [1.165, 1.54) is 50.0 Å². The number of rotatable bonds is 10. The van der Waals surface area contributed by atoms with Crippen LogP contribution in [0.2, 0.25) is 0 Å². The number of allylic oxidation sites excluding steroid dienone is 5. The van der Waals surface area contributed by atoms with Crippen LogP contribution in [0.25, 0.3) is 6.08 Å². The third-order valence-electron chi connectivity index (χ3n) is 5.80. The van der Waals surface area contributed by atoms with Crippen LogP contribution in [0.4, 0.5) is 0 Å². The molecule has 2 aliphatic rings. The van der Waals surface area contributed by atoms with Gasteiger partial charge in [-0.3, -0.25) is 0 Å². The van der Waals surface area contributed by atoms with Gasteiger partial charge in [0, 0.05) is 0 Å². The van der Waals surface area contributed by atoms with Crippen molar-refractivity contribution in [3.8, 4) is 0 Å². The van der Waals surface area contributed by atoms with E-state index in [0.29, 0.717) is 0 Å². The second-order valence-electron chi connectivity index (χ2n) is 7.99. The average molecular weight is 529 g/mol. The molecule has 0 amide bonds. The van der Waals surface area contributed by atoms with Crippen LogP contribution in [0, 0.1) is 5.92 Å².